The molecule has 1 aromatic rings. The van der Waals surface area contributed by atoms with Gasteiger partial charge in [0.2, 0.25) is 0 Å². The third-order valence-electron chi connectivity index (χ3n) is 2.38. The van der Waals surface area contributed by atoms with Crippen molar-refractivity contribution < 1.29 is 9.18 Å². The van der Waals surface area contributed by atoms with Crippen LogP contribution in [-0.2, 0) is 6.54 Å². The number of hydrogen-bond donors (Lipinski definition) is 1. The van der Waals surface area contributed by atoms with Crippen molar-refractivity contribution in [2.24, 2.45) is 0 Å². The van der Waals surface area contributed by atoms with Crippen molar-refractivity contribution in [1.82, 2.24) is 14.7 Å². The van der Waals surface area contributed by atoms with Crippen molar-refractivity contribution in [1.29, 1.82) is 0 Å². The van der Waals surface area contributed by atoms with Gasteiger partial charge in [0.15, 0.2) is 5.82 Å². The van der Waals surface area contributed by atoms with E-state index in [-0.39, 0.29) is 18.3 Å². The summed E-state index contributed by atoms with van der Waals surface area (Å²) >= 11 is 0. The smallest absolute Gasteiger partial charge is 0.259 e. The first kappa shape index (κ1) is 12.5. The van der Waals surface area contributed by atoms with Gasteiger partial charge >= 0.3 is 0 Å². The van der Waals surface area contributed by atoms with Gasteiger partial charge in [-0.1, -0.05) is 0 Å². The SMILES string of the molecule is CCN(CC)C(=O)c1cn(CCF)nc1N. The fraction of sp³-hybridized carbons (Fsp3) is 0.600. The lowest BCUT2D eigenvalue weighted by atomic mass is 10.3. The fourth-order valence-electron chi connectivity index (χ4n) is 1.48. The van der Waals surface area contributed by atoms with Crippen LogP contribution in [0.4, 0.5) is 10.2 Å². The van der Waals surface area contributed by atoms with Crippen molar-refractivity contribution >= 4 is 11.7 Å². The maximum atomic E-state index is 12.1. The maximum Gasteiger partial charge on any atom is 0.259 e. The Morgan fingerprint density at radius 1 is 1.56 bits per heavy atom. The number of aryl methyl sites for hydroxylation is 1. The lowest BCUT2D eigenvalue weighted by molar-refractivity contribution is 0.0774. The van der Waals surface area contributed by atoms with E-state index in [1.165, 1.54) is 10.9 Å². The molecular weight excluding hydrogens is 211 g/mol. The molecule has 0 saturated heterocycles. The third kappa shape index (κ3) is 2.50. The Hall–Kier alpha value is -1.59. The molecule has 0 fully saturated rings. The molecule has 0 aromatic carbocycles. The predicted molar refractivity (Wildman–Crippen MR) is 59.9 cm³/mol. The van der Waals surface area contributed by atoms with Crippen LogP contribution in [0.2, 0.25) is 0 Å². The number of anilines is 1. The van der Waals surface area contributed by atoms with Crippen molar-refractivity contribution in [2.75, 3.05) is 25.5 Å². The molecule has 0 atom stereocenters. The molecule has 0 unspecified atom stereocenters. The van der Waals surface area contributed by atoms with Crippen LogP contribution in [0.5, 0.6) is 0 Å². The minimum Gasteiger partial charge on any atom is -0.382 e. The minimum atomic E-state index is -0.528. The van der Waals surface area contributed by atoms with E-state index in [1.807, 2.05) is 13.8 Å². The first-order valence-corrected chi connectivity index (χ1v) is 5.32. The highest BCUT2D eigenvalue weighted by Crippen LogP contribution is 2.12. The Labute approximate surface area is 94.0 Å². The predicted octanol–water partition coefficient (Wildman–Crippen LogP) is 0.917. The standard InChI is InChI=1S/C10H17FN4O/c1-3-14(4-2)10(16)8-7-15(6-5-11)13-9(8)12/h7H,3-6H2,1-2H3,(H2,12,13). The zero-order valence-electron chi connectivity index (χ0n) is 9.61. The van der Waals surface area contributed by atoms with E-state index in [0.717, 1.165) is 0 Å². The average molecular weight is 228 g/mol. The summed E-state index contributed by atoms with van der Waals surface area (Å²) in [6.07, 6.45) is 1.50. The zero-order chi connectivity index (χ0) is 12.1. The van der Waals surface area contributed by atoms with Crippen LogP contribution in [0.3, 0.4) is 0 Å². The topological polar surface area (TPSA) is 64.2 Å². The molecule has 2 N–H and O–H groups in total. The van der Waals surface area contributed by atoms with Crippen molar-refractivity contribution in [3.63, 3.8) is 0 Å². The number of hydrogen-bond acceptors (Lipinski definition) is 3. The number of aromatic nitrogens is 2. The van der Waals surface area contributed by atoms with Gasteiger partial charge in [-0.25, -0.2) is 4.39 Å². The lowest BCUT2D eigenvalue weighted by Crippen LogP contribution is -2.30. The highest BCUT2D eigenvalue weighted by atomic mass is 19.1. The molecule has 6 heteroatoms. The van der Waals surface area contributed by atoms with Crippen LogP contribution < -0.4 is 5.73 Å². The number of nitrogens with zero attached hydrogens (tertiary/aromatic N) is 3. The Bertz CT molecular complexity index is 360. The molecule has 0 spiro atoms. The van der Waals surface area contributed by atoms with Gasteiger partial charge in [0.1, 0.15) is 12.2 Å². The van der Waals surface area contributed by atoms with Crippen LogP contribution >= 0.6 is 0 Å². The highest BCUT2D eigenvalue weighted by molar-refractivity contribution is 5.98. The van der Waals surface area contributed by atoms with E-state index in [1.54, 1.807) is 4.90 Å². The second-order valence-electron chi connectivity index (χ2n) is 3.36. The number of nitrogens with two attached hydrogens (primary N) is 1. The first-order chi connectivity index (χ1) is 7.63. The highest BCUT2D eigenvalue weighted by Gasteiger charge is 2.18. The van der Waals surface area contributed by atoms with Gasteiger partial charge in [0.05, 0.1) is 6.54 Å². The molecule has 1 amide bonds. The number of rotatable bonds is 5. The van der Waals surface area contributed by atoms with Crippen LogP contribution in [-0.4, -0.2) is 40.4 Å². The first-order valence-electron chi connectivity index (χ1n) is 5.32. The lowest BCUT2D eigenvalue weighted by Gasteiger charge is -2.17. The van der Waals surface area contributed by atoms with Crippen molar-refractivity contribution in [2.45, 2.75) is 20.4 Å². The average Bonchev–Trinajstić information content (AvgIpc) is 2.61. The summed E-state index contributed by atoms with van der Waals surface area (Å²) in [5, 5.41) is 3.88. The number of halogens is 1. The second kappa shape index (κ2) is 5.48. The van der Waals surface area contributed by atoms with Gasteiger partial charge in [-0.05, 0) is 13.8 Å². The Morgan fingerprint density at radius 2 is 2.19 bits per heavy atom. The molecule has 90 valence electrons. The van der Waals surface area contributed by atoms with Crippen LogP contribution in [0.15, 0.2) is 6.20 Å². The largest absolute Gasteiger partial charge is 0.382 e. The molecule has 1 aromatic heterocycles. The van der Waals surface area contributed by atoms with E-state index in [9.17, 15) is 9.18 Å². The van der Waals surface area contributed by atoms with Crippen molar-refractivity contribution in [3.8, 4) is 0 Å². The van der Waals surface area contributed by atoms with Crippen molar-refractivity contribution in [3.05, 3.63) is 11.8 Å². The van der Waals surface area contributed by atoms with Crippen LogP contribution in [0.25, 0.3) is 0 Å². The fourth-order valence-corrected chi connectivity index (χ4v) is 1.48. The molecule has 0 aliphatic carbocycles. The number of nitrogen functional groups attached to an aromatic ring is 1. The van der Waals surface area contributed by atoms with Gasteiger partial charge in [-0.2, -0.15) is 5.10 Å². The summed E-state index contributed by atoms with van der Waals surface area (Å²) in [6, 6.07) is 0. The van der Waals surface area contributed by atoms with Gasteiger partial charge in [-0.15, -0.1) is 0 Å². The molecular formula is C10H17FN4O. The molecule has 16 heavy (non-hydrogen) atoms. The summed E-state index contributed by atoms with van der Waals surface area (Å²) in [7, 11) is 0. The van der Waals surface area contributed by atoms with Gasteiger partial charge < -0.3 is 10.6 Å². The van der Waals surface area contributed by atoms with E-state index < -0.39 is 6.67 Å². The van der Waals surface area contributed by atoms with E-state index in [0.29, 0.717) is 18.7 Å². The zero-order valence-corrected chi connectivity index (χ0v) is 9.61. The summed E-state index contributed by atoms with van der Waals surface area (Å²) in [4.78, 5) is 13.6. The summed E-state index contributed by atoms with van der Waals surface area (Å²) in [5.74, 6) is -0.00189. The molecule has 0 saturated carbocycles. The minimum absolute atomic E-state index is 0.121. The van der Waals surface area contributed by atoms with Crippen LogP contribution in [0.1, 0.15) is 24.2 Å². The second-order valence-corrected chi connectivity index (χ2v) is 3.36. The molecule has 0 aliphatic heterocycles. The maximum absolute atomic E-state index is 12.1. The van der Waals surface area contributed by atoms with E-state index in [4.69, 9.17) is 5.73 Å². The normalized spacial score (nSPS) is 10.4. The molecule has 1 heterocycles. The molecule has 0 aliphatic rings. The summed E-state index contributed by atoms with van der Waals surface area (Å²) in [6.45, 7) is 4.61. The van der Waals surface area contributed by atoms with Gasteiger partial charge in [-0.3, -0.25) is 9.48 Å². The number of amides is 1. The third-order valence-corrected chi connectivity index (χ3v) is 2.38. The number of carbonyl (C=O) groups is 1. The van der Waals surface area contributed by atoms with Crippen LogP contribution in [0, 0.1) is 0 Å². The molecule has 0 radical (unpaired) electrons. The van der Waals surface area contributed by atoms with Gasteiger partial charge in [0, 0.05) is 19.3 Å². The van der Waals surface area contributed by atoms with E-state index in [2.05, 4.69) is 5.10 Å². The Morgan fingerprint density at radius 3 is 2.69 bits per heavy atom. The quantitative estimate of drug-likeness (QED) is 0.815. The number of carbonyl (C=O) groups excluding carboxylic acids is 1. The summed E-state index contributed by atoms with van der Waals surface area (Å²) in [5.41, 5.74) is 5.96. The Kier molecular flexibility index (Phi) is 4.28. The Balaban J connectivity index is 2.90. The van der Waals surface area contributed by atoms with E-state index >= 15 is 0 Å². The molecule has 1 rings (SSSR count). The number of alkyl halides is 1. The summed E-state index contributed by atoms with van der Waals surface area (Å²) < 4.78 is 13.5. The van der Waals surface area contributed by atoms with Gasteiger partial charge in [0.25, 0.3) is 5.91 Å². The molecule has 0 bridgehead atoms. The monoisotopic (exact) mass is 228 g/mol. The molecule has 5 nitrogen and oxygen atoms in total.